The zero-order valence-corrected chi connectivity index (χ0v) is 10.7. The molecule has 116 valence electrons. The van der Waals surface area contributed by atoms with Gasteiger partial charge in [-0.15, -0.1) is 0 Å². The van der Waals surface area contributed by atoms with Crippen LogP contribution in [0.25, 0.3) is 0 Å². The summed E-state index contributed by atoms with van der Waals surface area (Å²) in [4.78, 5) is 22.5. The molecule has 21 heavy (non-hydrogen) atoms. The maximum Gasteiger partial charge on any atom is 0.401 e. The van der Waals surface area contributed by atoms with Crippen LogP contribution < -0.4 is 5.32 Å². The Balaban J connectivity index is 2.67. The number of alkyl halides is 3. The van der Waals surface area contributed by atoms with Gasteiger partial charge in [0.05, 0.1) is 25.3 Å². The van der Waals surface area contributed by atoms with Crippen LogP contribution in [0.1, 0.15) is 0 Å². The van der Waals surface area contributed by atoms with E-state index in [4.69, 9.17) is 5.11 Å². The summed E-state index contributed by atoms with van der Waals surface area (Å²) in [7, 11) is 0. The van der Waals surface area contributed by atoms with Gasteiger partial charge in [-0.25, -0.2) is 4.39 Å². The average molecular weight is 308 g/mol. The normalized spacial score (nSPS) is 11.5. The number of carbonyl (C=O) groups is 2. The van der Waals surface area contributed by atoms with E-state index in [1.54, 1.807) is 0 Å². The number of nitrogens with one attached hydrogen (secondary N) is 1. The first-order chi connectivity index (χ1) is 9.67. The molecule has 1 aromatic carbocycles. The number of carboxylic acids is 1. The Bertz CT molecular complexity index is 519. The van der Waals surface area contributed by atoms with Gasteiger partial charge in [0.1, 0.15) is 5.82 Å². The number of benzene rings is 1. The van der Waals surface area contributed by atoms with E-state index in [0.29, 0.717) is 4.90 Å². The zero-order chi connectivity index (χ0) is 16.0. The molecule has 0 aromatic heterocycles. The lowest BCUT2D eigenvalue weighted by atomic mass is 10.3. The lowest BCUT2D eigenvalue weighted by Gasteiger charge is -2.21. The Morgan fingerprint density at radius 3 is 2.33 bits per heavy atom. The number of aliphatic carboxylic acids is 1. The molecule has 0 aliphatic carbocycles. The summed E-state index contributed by atoms with van der Waals surface area (Å²) in [6.07, 6.45) is -4.65. The molecule has 0 saturated heterocycles. The van der Waals surface area contributed by atoms with Gasteiger partial charge in [-0.1, -0.05) is 12.1 Å². The molecule has 0 spiro atoms. The fourth-order valence-electron chi connectivity index (χ4n) is 1.57. The third kappa shape index (κ3) is 6.70. The minimum Gasteiger partial charge on any atom is -0.480 e. The first-order valence-electron chi connectivity index (χ1n) is 5.72. The average Bonchev–Trinajstić information content (AvgIpc) is 2.28. The SMILES string of the molecule is O=C(O)CN(CC(=O)Nc1ccccc1F)CC(F)(F)F. The number of amides is 1. The molecule has 5 nitrogen and oxygen atoms in total. The number of nitrogens with zero attached hydrogens (tertiary/aromatic N) is 1. The topological polar surface area (TPSA) is 69.6 Å². The van der Waals surface area contributed by atoms with Crippen molar-refractivity contribution in [3.63, 3.8) is 0 Å². The molecule has 0 unspecified atom stereocenters. The molecule has 1 amide bonds. The Labute approximate surface area is 117 Å². The summed E-state index contributed by atoms with van der Waals surface area (Å²) in [6.45, 7) is -3.33. The van der Waals surface area contributed by atoms with E-state index in [-0.39, 0.29) is 5.69 Å². The van der Waals surface area contributed by atoms with Crippen LogP contribution in [0.15, 0.2) is 24.3 Å². The van der Waals surface area contributed by atoms with E-state index in [0.717, 1.165) is 6.07 Å². The van der Waals surface area contributed by atoms with Crippen LogP contribution in [0.3, 0.4) is 0 Å². The number of rotatable bonds is 6. The largest absolute Gasteiger partial charge is 0.480 e. The van der Waals surface area contributed by atoms with E-state index < -0.39 is 43.5 Å². The van der Waals surface area contributed by atoms with Gasteiger partial charge in [-0.05, 0) is 12.1 Å². The summed E-state index contributed by atoms with van der Waals surface area (Å²) < 4.78 is 50.1. The summed E-state index contributed by atoms with van der Waals surface area (Å²) in [5, 5.41) is 10.6. The second-order valence-corrected chi connectivity index (χ2v) is 4.18. The van der Waals surface area contributed by atoms with E-state index in [2.05, 4.69) is 5.32 Å². The number of halogens is 4. The molecule has 0 atom stereocenters. The van der Waals surface area contributed by atoms with Crippen LogP contribution in [0, 0.1) is 5.82 Å². The second-order valence-electron chi connectivity index (χ2n) is 4.18. The molecule has 0 aliphatic heterocycles. The molecule has 0 saturated carbocycles. The Morgan fingerprint density at radius 2 is 1.81 bits per heavy atom. The van der Waals surface area contributed by atoms with Crippen molar-refractivity contribution >= 4 is 17.6 Å². The fourth-order valence-corrected chi connectivity index (χ4v) is 1.57. The van der Waals surface area contributed by atoms with Gasteiger partial charge in [0.25, 0.3) is 0 Å². The quantitative estimate of drug-likeness (QED) is 0.785. The lowest BCUT2D eigenvalue weighted by Crippen LogP contribution is -2.42. The maximum absolute atomic E-state index is 13.3. The molecule has 0 radical (unpaired) electrons. The number of hydrogen-bond donors (Lipinski definition) is 2. The van der Waals surface area contributed by atoms with Crippen molar-refractivity contribution in [1.29, 1.82) is 0 Å². The molecular weight excluding hydrogens is 296 g/mol. The number of hydrogen-bond acceptors (Lipinski definition) is 3. The van der Waals surface area contributed by atoms with Gasteiger partial charge in [0.15, 0.2) is 0 Å². The highest BCUT2D eigenvalue weighted by Crippen LogP contribution is 2.17. The molecule has 0 aliphatic rings. The van der Waals surface area contributed by atoms with Crippen molar-refractivity contribution in [3.05, 3.63) is 30.1 Å². The zero-order valence-electron chi connectivity index (χ0n) is 10.7. The van der Waals surface area contributed by atoms with E-state index in [9.17, 15) is 27.2 Å². The Hall–Kier alpha value is -2.16. The minimum atomic E-state index is -4.65. The lowest BCUT2D eigenvalue weighted by molar-refractivity contribution is -0.154. The van der Waals surface area contributed by atoms with Gasteiger partial charge in [-0.2, -0.15) is 13.2 Å². The minimum absolute atomic E-state index is 0.190. The van der Waals surface area contributed by atoms with Crippen LogP contribution in [0.2, 0.25) is 0 Å². The second kappa shape index (κ2) is 7.02. The third-order valence-electron chi connectivity index (χ3n) is 2.28. The highest BCUT2D eigenvalue weighted by molar-refractivity contribution is 5.92. The monoisotopic (exact) mass is 308 g/mol. The summed E-state index contributed by atoms with van der Waals surface area (Å²) in [5.74, 6) is -3.19. The van der Waals surface area contributed by atoms with Crippen LogP contribution in [-0.4, -0.2) is 47.7 Å². The third-order valence-corrected chi connectivity index (χ3v) is 2.28. The summed E-state index contributed by atoms with van der Waals surface area (Å²) in [5.41, 5.74) is -0.190. The van der Waals surface area contributed by atoms with Gasteiger partial charge in [0, 0.05) is 0 Å². The van der Waals surface area contributed by atoms with Gasteiger partial charge < -0.3 is 10.4 Å². The molecule has 0 bridgehead atoms. The predicted molar refractivity (Wildman–Crippen MR) is 65.2 cm³/mol. The van der Waals surface area contributed by atoms with Gasteiger partial charge in [-0.3, -0.25) is 14.5 Å². The molecule has 1 rings (SSSR count). The number of carboxylic acid groups (broad SMARTS) is 1. The smallest absolute Gasteiger partial charge is 0.401 e. The van der Waals surface area contributed by atoms with E-state index >= 15 is 0 Å². The molecule has 1 aromatic rings. The first kappa shape index (κ1) is 16.9. The number of carbonyl (C=O) groups excluding carboxylic acids is 1. The Kier molecular flexibility index (Phi) is 5.65. The van der Waals surface area contributed by atoms with E-state index in [1.807, 2.05) is 0 Å². The van der Waals surface area contributed by atoms with E-state index in [1.165, 1.54) is 18.2 Å². The van der Waals surface area contributed by atoms with Crippen molar-refractivity contribution in [2.24, 2.45) is 0 Å². The van der Waals surface area contributed by atoms with Crippen molar-refractivity contribution in [2.75, 3.05) is 25.0 Å². The molecule has 9 heteroatoms. The molecule has 0 heterocycles. The Morgan fingerprint density at radius 1 is 1.19 bits per heavy atom. The fraction of sp³-hybridized carbons (Fsp3) is 0.333. The number of para-hydroxylation sites is 1. The van der Waals surface area contributed by atoms with Crippen LogP contribution in [-0.2, 0) is 9.59 Å². The summed E-state index contributed by atoms with van der Waals surface area (Å²) in [6, 6.07) is 5.12. The van der Waals surface area contributed by atoms with Crippen LogP contribution in [0.4, 0.5) is 23.2 Å². The van der Waals surface area contributed by atoms with Crippen molar-refractivity contribution in [3.8, 4) is 0 Å². The predicted octanol–water partition coefficient (Wildman–Crippen LogP) is 1.71. The number of anilines is 1. The molecule has 2 N–H and O–H groups in total. The first-order valence-corrected chi connectivity index (χ1v) is 5.72. The standard InChI is InChI=1S/C12H12F4N2O3/c13-8-3-1-2-4-9(8)17-10(19)5-18(6-11(20)21)7-12(14,15)16/h1-4H,5-7H2,(H,17,19)(H,20,21). The molecule has 0 fully saturated rings. The van der Waals surface area contributed by atoms with Crippen LogP contribution >= 0.6 is 0 Å². The summed E-state index contributed by atoms with van der Waals surface area (Å²) >= 11 is 0. The highest BCUT2D eigenvalue weighted by atomic mass is 19.4. The maximum atomic E-state index is 13.3. The highest BCUT2D eigenvalue weighted by Gasteiger charge is 2.32. The van der Waals surface area contributed by atoms with Gasteiger partial charge in [0.2, 0.25) is 5.91 Å². The van der Waals surface area contributed by atoms with Crippen LogP contribution in [0.5, 0.6) is 0 Å². The van der Waals surface area contributed by atoms with Crippen molar-refractivity contribution in [2.45, 2.75) is 6.18 Å². The van der Waals surface area contributed by atoms with Crippen molar-refractivity contribution < 1.29 is 32.3 Å². The molecular formula is C12H12F4N2O3. The van der Waals surface area contributed by atoms with Crippen molar-refractivity contribution in [1.82, 2.24) is 4.90 Å². The van der Waals surface area contributed by atoms with Gasteiger partial charge >= 0.3 is 12.1 Å².